The van der Waals surface area contributed by atoms with Crippen LogP contribution in [0.2, 0.25) is 0 Å². The third kappa shape index (κ3) is 4.91. The van der Waals surface area contributed by atoms with E-state index in [0.29, 0.717) is 11.9 Å². The number of amides is 1. The van der Waals surface area contributed by atoms with Crippen LogP contribution in [0.15, 0.2) is 30.7 Å². The molecule has 3 heterocycles. The van der Waals surface area contributed by atoms with Crippen LogP contribution >= 0.6 is 0 Å². The lowest BCUT2D eigenvalue weighted by Gasteiger charge is -2.24. The zero-order valence-electron chi connectivity index (χ0n) is 19.4. The Balaban J connectivity index is 1.25. The zero-order chi connectivity index (χ0) is 23.0. The maximum absolute atomic E-state index is 12.1. The van der Waals surface area contributed by atoms with Gasteiger partial charge in [-0.05, 0) is 70.9 Å². The fraction of sp³-hybridized carbons (Fsp3) is 0.542. The average Bonchev–Trinajstić information content (AvgIpc) is 3.32. The van der Waals surface area contributed by atoms with E-state index >= 15 is 0 Å². The topological polar surface area (TPSA) is 106 Å². The lowest BCUT2D eigenvalue weighted by Crippen LogP contribution is -2.38. The van der Waals surface area contributed by atoms with Gasteiger partial charge in [0.2, 0.25) is 5.95 Å². The first-order chi connectivity index (χ1) is 15.8. The summed E-state index contributed by atoms with van der Waals surface area (Å²) >= 11 is 0. The van der Waals surface area contributed by atoms with Crippen molar-refractivity contribution in [3.8, 4) is 11.4 Å². The summed E-state index contributed by atoms with van der Waals surface area (Å²) in [6, 6.07) is 4.09. The second-order valence-corrected chi connectivity index (χ2v) is 10.1. The van der Waals surface area contributed by atoms with Gasteiger partial charge in [-0.2, -0.15) is 5.10 Å². The van der Waals surface area contributed by atoms with Gasteiger partial charge in [0.25, 0.3) is 0 Å². The van der Waals surface area contributed by atoms with Crippen molar-refractivity contribution in [1.29, 1.82) is 0 Å². The molecule has 5 rings (SSSR count). The molecule has 3 aromatic heterocycles. The molecule has 9 heteroatoms. The number of carbonyl (C=O) groups is 1. The van der Waals surface area contributed by atoms with Crippen LogP contribution in [0.25, 0.3) is 17.0 Å². The second kappa shape index (κ2) is 8.61. The van der Waals surface area contributed by atoms with Crippen LogP contribution < -0.4 is 10.6 Å². The van der Waals surface area contributed by atoms with Crippen molar-refractivity contribution in [3.05, 3.63) is 36.3 Å². The normalized spacial score (nSPS) is 21.1. The van der Waals surface area contributed by atoms with Crippen LogP contribution in [-0.4, -0.2) is 48.3 Å². The highest BCUT2D eigenvalue weighted by molar-refractivity contribution is 5.68. The number of rotatable bonds is 5. The van der Waals surface area contributed by atoms with Crippen molar-refractivity contribution in [2.24, 2.45) is 0 Å². The highest BCUT2D eigenvalue weighted by Crippen LogP contribution is 2.38. The van der Waals surface area contributed by atoms with E-state index in [1.807, 2.05) is 49.8 Å². The highest BCUT2D eigenvalue weighted by atomic mass is 16.6. The van der Waals surface area contributed by atoms with E-state index in [2.05, 4.69) is 20.7 Å². The molecule has 0 bridgehead atoms. The number of nitrogens with zero attached hydrogens (tertiary/aromatic N) is 5. The van der Waals surface area contributed by atoms with Crippen LogP contribution in [-0.2, 0) is 4.74 Å². The molecule has 33 heavy (non-hydrogen) atoms. The maximum Gasteiger partial charge on any atom is 0.407 e. The second-order valence-electron chi connectivity index (χ2n) is 10.1. The molecule has 2 aliphatic rings. The quantitative estimate of drug-likeness (QED) is 0.598. The molecule has 0 radical (unpaired) electrons. The zero-order valence-corrected chi connectivity index (χ0v) is 19.4. The highest BCUT2D eigenvalue weighted by Gasteiger charge is 2.28. The van der Waals surface area contributed by atoms with Gasteiger partial charge in [0.05, 0.1) is 17.6 Å². The molecule has 0 spiro atoms. The number of aromatic nitrogens is 5. The third-order valence-corrected chi connectivity index (χ3v) is 6.35. The van der Waals surface area contributed by atoms with E-state index in [-0.39, 0.29) is 18.2 Å². The molecule has 2 atom stereocenters. The summed E-state index contributed by atoms with van der Waals surface area (Å²) in [5, 5.41) is 10.8. The maximum atomic E-state index is 12.1. The minimum atomic E-state index is -0.499. The number of nitrogens with one attached hydrogen (secondary N) is 2. The number of alkyl carbamates (subject to hydrolysis) is 1. The minimum Gasteiger partial charge on any atom is -0.444 e. The first kappa shape index (κ1) is 21.6. The molecule has 2 saturated carbocycles. The molecule has 2 N–H and O–H groups in total. The van der Waals surface area contributed by atoms with E-state index in [9.17, 15) is 4.79 Å². The lowest BCUT2D eigenvalue weighted by atomic mass is 9.81. The van der Waals surface area contributed by atoms with Gasteiger partial charge in [0.15, 0.2) is 5.65 Å². The third-order valence-electron chi connectivity index (χ3n) is 6.35. The van der Waals surface area contributed by atoms with Crippen LogP contribution in [0.3, 0.4) is 0 Å². The van der Waals surface area contributed by atoms with Crippen molar-refractivity contribution in [3.63, 3.8) is 0 Å². The Kier molecular flexibility index (Phi) is 5.64. The summed E-state index contributed by atoms with van der Waals surface area (Å²) in [7, 11) is 0. The van der Waals surface area contributed by atoms with Crippen LogP contribution in [0.4, 0.5) is 10.7 Å². The Bertz CT molecular complexity index is 1150. The molecular formula is C24H31N7O2. The van der Waals surface area contributed by atoms with Crippen molar-refractivity contribution in [2.45, 2.75) is 82.9 Å². The molecule has 9 nitrogen and oxygen atoms in total. The largest absolute Gasteiger partial charge is 0.444 e. The molecule has 0 unspecified atom stereocenters. The molecule has 0 aromatic carbocycles. The Labute approximate surface area is 193 Å². The Morgan fingerprint density at radius 1 is 1.09 bits per heavy atom. The van der Waals surface area contributed by atoms with Gasteiger partial charge in [0.1, 0.15) is 5.60 Å². The standard InChI is InChI=1S/C24H31N7O2/c1-24(2,3)33-23(32)28-17-8-7-16(13-17)27-22-25-11-9-19(30-22)20-10-12-31-21(29-20)18(14-26-31)15-5-4-6-15/h9-12,14-17H,4-8,13H2,1-3H3,(H,28,32)(H,25,27,30)/t16-,17-/m0/s1. The summed E-state index contributed by atoms with van der Waals surface area (Å²) in [6.07, 6.45) is 11.6. The van der Waals surface area contributed by atoms with Gasteiger partial charge < -0.3 is 15.4 Å². The van der Waals surface area contributed by atoms with Crippen molar-refractivity contribution < 1.29 is 9.53 Å². The molecule has 174 valence electrons. The monoisotopic (exact) mass is 449 g/mol. The van der Waals surface area contributed by atoms with Gasteiger partial charge in [-0.25, -0.2) is 24.3 Å². The number of anilines is 1. The summed E-state index contributed by atoms with van der Waals surface area (Å²) in [6.45, 7) is 5.59. The van der Waals surface area contributed by atoms with E-state index in [1.54, 1.807) is 6.20 Å². The Morgan fingerprint density at radius 3 is 2.64 bits per heavy atom. The first-order valence-electron chi connectivity index (χ1n) is 11.8. The van der Waals surface area contributed by atoms with Crippen molar-refractivity contribution >= 4 is 17.7 Å². The van der Waals surface area contributed by atoms with Gasteiger partial charge in [-0.15, -0.1) is 0 Å². The average molecular weight is 450 g/mol. The van der Waals surface area contributed by atoms with Gasteiger partial charge in [-0.3, -0.25) is 0 Å². The number of carbonyl (C=O) groups excluding carboxylic acids is 1. The van der Waals surface area contributed by atoms with Crippen molar-refractivity contribution in [1.82, 2.24) is 29.9 Å². The SMILES string of the molecule is CC(C)(C)OC(=O)N[C@H]1CC[C@H](Nc2nccc(-c3ccn4ncc(C5CCC5)c4n3)n2)C1. The fourth-order valence-corrected chi connectivity index (χ4v) is 4.51. The number of ether oxygens (including phenoxy) is 1. The smallest absolute Gasteiger partial charge is 0.407 e. The molecule has 0 aliphatic heterocycles. The van der Waals surface area contributed by atoms with Crippen LogP contribution in [0.5, 0.6) is 0 Å². The molecule has 2 aliphatic carbocycles. The molecular weight excluding hydrogens is 418 g/mol. The van der Waals surface area contributed by atoms with E-state index < -0.39 is 5.60 Å². The fourth-order valence-electron chi connectivity index (χ4n) is 4.51. The summed E-state index contributed by atoms with van der Waals surface area (Å²) < 4.78 is 7.21. The van der Waals surface area contributed by atoms with E-state index in [0.717, 1.165) is 36.3 Å². The van der Waals surface area contributed by atoms with Crippen molar-refractivity contribution in [2.75, 3.05) is 5.32 Å². The Hall–Kier alpha value is -3.23. The van der Waals surface area contributed by atoms with E-state index in [1.165, 1.54) is 24.8 Å². The van der Waals surface area contributed by atoms with Crippen LogP contribution in [0, 0.1) is 0 Å². The summed E-state index contributed by atoms with van der Waals surface area (Å²) in [5.74, 6) is 1.14. The molecule has 3 aromatic rings. The predicted molar refractivity (Wildman–Crippen MR) is 125 cm³/mol. The van der Waals surface area contributed by atoms with Gasteiger partial charge in [0, 0.05) is 30.0 Å². The van der Waals surface area contributed by atoms with Gasteiger partial charge in [-0.1, -0.05) is 6.42 Å². The Morgan fingerprint density at radius 2 is 1.88 bits per heavy atom. The molecule has 0 saturated heterocycles. The predicted octanol–water partition coefficient (Wildman–Crippen LogP) is 4.31. The summed E-state index contributed by atoms with van der Waals surface area (Å²) in [4.78, 5) is 26.0. The first-order valence-corrected chi connectivity index (χ1v) is 11.8. The van der Waals surface area contributed by atoms with E-state index in [4.69, 9.17) is 14.7 Å². The minimum absolute atomic E-state index is 0.0800. The molecule has 2 fully saturated rings. The van der Waals surface area contributed by atoms with Gasteiger partial charge >= 0.3 is 6.09 Å². The molecule has 1 amide bonds. The van der Waals surface area contributed by atoms with Crippen LogP contribution in [0.1, 0.15) is 70.8 Å². The lowest BCUT2D eigenvalue weighted by molar-refractivity contribution is 0.0505. The number of fused-ring (bicyclic) bond motifs is 1. The number of hydrogen-bond acceptors (Lipinski definition) is 7. The summed E-state index contributed by atoms with van der Waals surface area (Å²) in [5.41, 5.74) is 3.23. The number of hydrogen-bond donors (Lipinski definition) is 2.